The number of hydrogen-bond donors (Lipinski definition) is 0. The molecule has 0 radical (unpaired) electrons. The highest BCUT2D eigenvalue weighted by atomic mass is 35.5. The van der Waals surface area contributed by atoms with Gasteiger partial charge < -0.3 is 14.4 Å². The number of halogens is 1. The molecule has 1 aliphatic heterocycles. The zero-order chi connectivity index (χ0) is 21.1. The lowest BCUT2D eigenvalue weighted by molar-refractivity contribution is 0.0349. The number of esters is 1. The molecule has 1 amide bonds. The summed E-state index contributed by atoms with van der Waals surface area (Å²) in [4.78, 5) is 26.4. The van der Waals surface area contributed by atoms with Gasteiger partial charge in [0.15, 0.2) is 0 Å². The van der Waals surface area contributed by atoms with Crippen LogP contribution in [0.2, 0.25) is 5.02 Å². The summed E-state index contributed by atoms with van der Waals surface area (Å²) in [6.45, 7) is 0.452. The number of fused-ring (bicyclic) bond motifs is 1. The molecule has 1 heterocycles. The second-order valence-corrected chi connectivity index (χ2v) is 7.52. The molecule has 0 fully saturated rings. The van der Waals surface area contributed by atoms with Gasteiger partial charge in [-0.2, -0.15) is 0 Å². The molecule has 1 atom stereocenters. The van der Waals surface area contributed by atoms with Crippen molar-refractivity contribution in [1.82, 2.24) is 4.90 Å². The maximum absolute atomic E-state index is 12.9. The molecule has 6 heteroatoms. The standard InChI is InChI=1S/C24H20ClNO4/c1-26(14-13-22-20-7-2-3-8-21(20)24(28)30-22)23(27)16-5-4-6-19(15-16)29-18-11-9-17(25)10-12-18/h2-12,15,22H,13-14H2,1H3. The van der Waals surface area contributed by atoms with Crippen molar-refractivity contribution in [3.05, 3.63) is 94.5 Å². The van der Waals surface area contributed by atoms with Gasteiger partial charge in [-0.1, -0.05) is 35.9 Å². The molecule has 0 aromatic heterocycles. The first-order valence-electron chi connectivity index (χ1n) is 9.60. The molecule has 4 rings (SSSR count). The molecule has 152 valence electrons. The van der Waals surface area contributed by atoms with E-state index in [-0.39, 0.29) is 18.0 Å². The van der Waals surface area contributed by atoms with Gasteiger partial charge in [0.05, 0.1) is 5.56 Å². The van der Waals surface area contributed by atoms with Crippen molar-refractivity contribution in [3.63, 3.8) is 0 Å². The van der Waals surface area contributed by atoms with Crippen LogP contribution in [0.1, 0.15) is 38.8 Å². The van der Waals surface area contributed by atoms with Crippen molar-refractivity contribution in [3.8, 4) is 11.5 Å². The Morgan fingerprint density at radius 3 is 2.60 bits per heavy atom. The lowest BCUT2D eigenvalue weighted by atomic mass is 10.0. The van der Waals surface area contributed by atoms with E-state index in [1.165, 1.54) is 0 Å². The molecular formula is C24H20ClNO4. The molecule has 0 spiro atoms. The predicted octanol–water partition coefficient (Wildman–Crippen LogP) is 5.51. The Balaban J connectivity index is 1.39. The van der Waals surface area contributed by atoms with Crippen LogP contribution in [0.4, 0.5) is 0 Å². The van der Waals surface area contributed by atoms with Gasteiger partial charge in [0.2, 0.25) is 0 Å². The summed E-state index contributed by atoms with van der Waals surface area (Å²) in [6.07, 6.45) is 0.204. The molecule has 30 heavy (non-hydrogen) atoms. The molecule has 5 nitrogen and oxygen atoms in total. The van der Waals surface area contributed by atoms with E-state index in [1.54, 1.807) is 66.5 Å². The number of cyclic esters (lactones) is 1. The minimum atomic E-state index is -0.330. The van der Waals surface area contributed by atoms with Gasteiger partial charge >= 0.3 is 5.97 Å². The minimum Gasteiger partial charge on any atom is -0.457 e. The summed E-state index contributed by atoms with van der Waals surface area (Å²) < 4.78 is 11.3. The van der Waals surface area contributed by atoms with Crippen LogP contribution in [-0.2, 0) is 4.74 Å². The van der Waals surface area contributed by atoms with Gasteiger partial charge in [-0.3, -0.25) is 4.79 Å². The van der Waals surface area contributed by atoms with Crippen molar-refractivity contribution in [2.75, 3.05) is 13.6 Å². The Morgan fingerprint density at radius 2 is 1.80 bits per heavy atom. The van der Waals surface area contributed by atoms with Crippen LogP contribution in [0, 0.1) is 0 Å². The predicted molar refractivity (Wildman–Crippen MR) is 114 cm³/mol. The van der Waals surface area contributed by atoms with Gasteiger partial charge in [-0.05, 0) is 48.5 Å². The van der Waals surface area contributed by atoms with Crippen LogP contribution >= 0.6 is 11.6 Å². The smallest absolute Gasteiger partial charge is 0.339 e. The zero-order valence-electron chi connectivity index (χ0n) is 16.4. The van der Waals surface area contributed by atoms with Crippen molar-refractivity contribution < 1.29 is 19.1 Å². The van der Waals surface area contributed by atoms with E-state index >= 15 is 0 Å². The number of benzene rings is 3. The summed E-state index contributed by atoms with van der Waals surface area (Å²) >= 11 is 5.90. The largest absolute Gasteiger partial charge is 0.457 e. The van der Waals surface area contributed by atoms with E-state index in [0.717, 1.165) is 5.56 Å². The van der Waals surface area contributed by atoms with Crippen LogP contribution in [-0.4, -0.2) is 30.4 Å². The highest BCUT2D eigenvalue weighted by Gasteiger charge is 2.30. The van der Waals surface area contributed by atoms with Crippen molar-refractivity contribution in [1.29, 1.82) is 0 Å². The van der Waals surface area contributed by atoms with E-state index in [2.05, 4.69) is 0 Å². The van der Waals surface area contributed by atoms with Gasteiger partial charge in [-0.15, -0.1) is 0 Å². The SMILES string of the molecule is CN(CCC1OC(=O)c2ccccc21)C(=O)c1cccc(Oc2ccc(Cl)cc2)c1. The molecule has 0 N–H and O–H groups in total. The minimum absolute atomic E-state index is 0.130. The van der Waals surface area contributed by atoms with Crippen LogP contribution in [0.3, 0.4) is 0 Å². The summed E-state index contributed by atoms with van der Waals surface area (Å²) in [5, 5.41) is 0.628. The second-order valence-electron chi connectivity index (χ2n) is 7.08. The molecule has 3 aromatic rings. The Hall–Kier alpha value is -3.31. The number of hydrogen-bond acceptors (Lipinski definition) is 4. The third-order valence-corrected chi connectivity index (χ3v) is 5.23. The first-order valence-corrected chi connectivity index (χ1v) is 9.98. The third-order valence-electron chi connectivity index (χ3n) is 4.98. The fourth-order valence-electron chi connectivity index (χ4n) is 3.40. The Labute approximate surface area is 179 Å². The molecule has 0 saturated carbocycles. The molecule has 1 aliphatic rings. The molecule has 1 unspecified atom stereocenters. The van der Waals surface area contributed by atoms with Crippen LogP contribution in [0.5, 0.6) is 11.5 Å². The van der Waals surface area contributed by atoms with Gasteiger partial charge in [0.1, 0.15) is 17.6 Å². The van der Waals surface area contributed by atoms with Gasteiger partial charge in [-0.25, -0.2) is 4.79 Å². The average Bonchev–Trinajstić information content (AvgIpc) is 3.09. The summed E-state index contributed by atoms with van der Waals surface area (Å²) in [5.74, 6) is 0.764. The Bertz CT molecular complexity index is 1080. The van der Waals surface area contributed by atoms with Crippen LogP contribution in [0.15, 0.2) is 72.8 Å². The Kier molecular flexibility index (Phi) is 5.72. The van der Waals surface area contributed by atoms with E-state index < -0.39 is 0 Å². The van der Waals surface area contributed by atoms with Crippen LogP contribution in [0.25, 0.3) is 0 Å². The van der Waals surface area contributed by atoms with Crippen molar-refractivity contribution in [2.45, 2.75) is 12.5 Å². The van der Waals surface area contributed by atoms with Gasteiger partial charge in [0, 0.05) is 36.2 Å². The lowest BCUT2D eigenvalue weighted by Gasteiger charge is -2.20. The number of nitrogens with zero attached hydrogens (tertiary/aromatic N) is 1. The normalized spacial score (nSPS) is 14.7. The molecule has 0 saturated heterocycles. The molecule has 0 bridgehead atoms. The lowest BCUT2D eigenvalue weighted by Crippen LogP contribution is -2.28. The summed E-state index contributed by atoms with van der Waals surface area (Å²) in [7, 11) is 1.73. The average molecular weight is 422 g/mol. The highest BCUT2D eigenvalue weighted by Crippen LogP contribution is 2.33. The molecule has 3 aromatic carbocycles. The van der Waals surface area contributed by atoms with E-state index in [9.17, 15) is 9.59 Å². The number of ether oxygens (including phenoxy) is 2. The maximum atomic E-state index is 12.9. The first kappa shape index (κ1) is 20.0. The number of carbonyl (C=O) groups is 2. The zero-order valence-corrected chi connectivity index (χ0v) is 17.1. The number of rotatable bonds is 6. The second kappa shape index (κ2) is 8.59. The topological polar surface area (TPSA) is 55.8 Å². The van der Waals surface area contributed by atoms with Crippen molar-refractivity contribution >= 4 is 23.5 Å². The van der Waals surface area contributed by atoms with Gasteiger partial charge in [0.25, 0.3) is 5.91 Å². The summed E-state index contributed by atoms with van der Waals surface area (Å²) in [5.41, 5.74) is 2.00. The number of carbonyl (C=O) groups excluding carboxylic acids is 2. The molecule has 0 aliphatic carbocycles. The van der Waals surface area contributed by atoms with E-state index in [4.69, 9.17) is 21.1 Å². The Morgan fingerprint density at radius 1 is 1.03 bits per heavy atom. The highest BCUT2D eigenvalue weighted by molar-refractivity contribution is 6.30. The van der Waals surface area contributed by atoms with E-state index in [1.807, 2.05) is 18.2 Å². The first-order chi connectivity index (χ1) is 14.5. The summed E-state index contributed by atoms with van der Waals surface area (Å²) in [6, 6.07) is 21.4. The van der Waals surface area contributed by atoms with Crippen molar-refractivity contribution in [2.24, 2.45) is 0 Å². The monoisotopic (exact) mass is 421 g/mol. The van der Waals surface area contributed by atoms with E-state index in [0.29, 0.717) is 40.6 Å². The third kappa shape index (κ3) is 4.31. The number of amides is 1. The molecular weight excluding hydrogens is 402 g/mol. The quantitative estimate of drug-likeness (QED) is 0.493. The fraction of sp³-hybridized carbons (Fsp3) is 0.167. The van der Waals surface area contributed by atoms with Crippen LogP contribution < -0.4 is 4.74 Å². The maximum Gasteiger partial charge on any atom is 0.339 e. The fourth-order valence-corrected chi connectivity index (χ4v) is 3.52.